The van der Waals surface area contributed by atoms with Gasteiger partial charge in [0.1, 0.15) is 0 Å². The molecule has 0 amide bonds. The SMILES string of the molecule is CC1=CC(C)C(CN(CC2C(C)C=C(C)CC2C)CC2C(C)C=C(C)CC2C)C(C)C1. The normalized spacial score (nSPS) is 41.6. The molecule has 3 aliphatic carbocycles. The van der Waals surface area contributed by atoms with Gasteiger partial charge in [-0.2, -0.15) is 0 Å². The lowest BCUT2D eigenvalue weighted by molar-refractivity contribution is 0.0793. The van der Waals surface area contributed by atoms with E-state index in [1.807, 2.05) is 0 Å². The van der Waals surface area contributed by atoms with Gasteiger partial charge in [-0.25, -0.2) is 0 Å². The molecule has 0 aromatic heterocycles. The topological polar surface area (TPSA) is 3.24 Å². The van der Waals surface area contributed by atoms with Gasteiger partial charge >= 0.3 is 0 Å². The summed E-state index contributed by atoms with van der Waals surface area (Å²) in [6.45, 7) is 25.8. The number of allylic oxidation sites excluding steroid dienone is 6. The van der Waals surface area contributed by atoms with Crippen molar-refractivity contribution < 1.29 is 0 Å². The van der Waals surface area contributed by atoms with E-state index in [1.54, 1.807) is 16.7 Å². The van der Waals surface area contributed by atoms with Crippen molar-refractivity contribution in [1.82, 2.24) is 4.90 Å². The summed E-state index contributed by atoms with van der Waals surface area (Å²) in [5.74, 6) is 6.90. The molecule has 1 heteroatoms. The first kappa shape index (κ1) is 24.8. The van der Waals surface area contributed by atoms with Gasteiger partial charge in [-0.3, -0.25) is 0 Å². The van der Waals surface area contributed by atoms with E-state index in [1.165, 1.54) is 38.9 Å². The quantitative estimate of drug-likeness (QED) is 0.390. The number of nitrogens with zero attached hydrogens (tertiary/aromatic N) is 1. The van der Waals surface area contributed by atoms with E-state index in [4.69, 9.17) is 0 Å². The highest BCUT2D eigenvalue weighted by Gasteiger charge is 2.35. The maximum absolute atomic E-state index is 2.94. The second kappa shape index (κ2) is 10.4. The van der Waals surface area contributed by atoms with Crippen LogP contribution in [0.1, 0.15) is 81.6 Å². The fourth-order valence-corrected chi connectivity index (χ4v) is 7.61. The van der Waals surface area contributed by atoms with Crippen molar-refractivity contribution in [3.05, 3.63) is 34.9 Å². The summed E-state index contributed by atoms with van der Waals surface area (Å²) in [7, 11) is 0. The molecule has 0 spiro atoms. The van der Waals surface area contributed by atoms with Gasteiger partial charge < -0.3 is 4.90 Å². The van der Waals surface area contributed by atoms with Crippen LogP contribution in [0.2, 0.25) is 0 Å². The third-order valence-electron chi connectivity index (χ3n) is 9.20. The number of rotatable bonds is 6. The first-order chi connectivity index (χ1) is 14.5. The van der Waals surface area contributed by atoms with Crippen LogP contribution in [-0.4, -0.2) is 24.5 Å². The molecule has 9 unspecified atom stereocenters. The first-order valence-corrected chi connectivity index (χ1v) is 13.3. The highest BCUT2D eigenvalue weighted by atomic mass is 15.1. The molecular weight excluding hydrogens is 374 g/mol. The lowest BCUT2D eigenvalue weighted by Gasteiger charge is -2.44. The largest absolute Gasteiger partial charge is 0.302 e. The van der Waals surface area contributed by atoms with Crippen LogP contribution in [0.15, 0.2) is 34.9 Å². The molecule has 3 rings (SSSR count). The molecule has 176 valence electrons. The molecule has 0 fully saturated rings. The van der Waals surface area contributed by atoms with Crippen molar-refractivity contribution in [3.8, 4) is 0 Å². The van der Waals surface area contributed by atoms with Crippen LogP contribution in [0.5, 0.6) is 0 Å². The Hall–Kier alpha value is -0.820. The zero-order valence-electron chi connectivity index (χ0n) is 22.1. The molecule has 1 nitrogen and oxygen atoms in total. The van der Waals surface area contributed by atoms with Gasteiger partial charge in [-0.15, -0.1) is 0 Å². The molecule has 0 heterocycles. The van der Waals surface area contributed by atoms with Crippen molar-refractivity contribution in [2.45, 2.75) is 81.6 Å². The fraction of sp³-hybridized carbons (Fsp3) is 0.800. The minimum Gasteiger partial charge on any atom is -0.302 e. The Morgan fingerprint density at radius 1 is 0.548 bits per heavy atom. The minimum absolute atomic E-state index is 0.706. The lowest BCUT2D eigenvalue weighted by Crippen LogP contribution is -2.46. The van der Waals surface area contributed by atoms with Crippen LogP contribution < -0.4 is 0 Å². The van der Waals surface area contributed by atoms with Crippen molar-refractivity contribution in [1.29, 1.82) is 0 Å². The van der Waals surface area contributed by atoms with E-state index in [0.29, 0.717) is 17.8 Å². The van der Waals surface area contributed by atoms with Gasteiger partial charge in [-0.05, 0) is 93.3 Å². The van der Waals surface area contributed by atoms with Crippen molar-refractivity contribution in [2.24, 2.45) is 53.3 Å². The monoisotopic (exact) mass is 425 g/mol. The number of hydrogen-bond donors (Lipinski definition) is 0. The Labute approximate surface area is 194 Å². The second-order valence-electron chi connectivity index (χ2n) is 12.4. The van der Waals surface area contributed by atoms with Crippen LogP contribution >= 0.6 is 0 Å². The lowest BCUT2D eigenvalue weighted by atomic mass is 9.72. The second-order valence-corrected chi connectivity index (χ2v) is 12.4. The molecule has 0 aliphatic heterocycles. The van der Waals surface area contributed by atoms with E-state index < -0.39 is 0 Å². The zero-order chi connectivity index (χ0) is 22.9. The van der Waals surface area contributed by atoms with Crippen LogP contribution in [-0.2, 0) is 0 Å². The van der Waals surface area contributed by atoms with Gasteiger partial charge in [0, 0.05) is 19.6 Å². The average Bonchev–Trinajstić information content (AvgIpc) is 2.63. The van der Waals surface area contributed by atoms with Gasteiger partial charge in [0.05, 0.1) is 0 Å². The van der Waals surface area contributed by atoms with E-state index in [-0.39, 0.29) is 0 Å². The molecule has 31 heavy (non-hydrogen) atoms. The predicted molar refractivity (Wildman–Crippen MR) is 137 cm³/mol. The summed E-state index contributed by atoms with van der Waals surface area (Å²) in [6, 6.07) is 0. The van der Waals surface area contributed by atoms with Crippen LogP contribution in [0, 0.1) is 53.3 Å². The van der Waals surface area contributed by atoms with E-state index in [9.17, 15) is 0 Å². The standard InChI is InChI=1S/C30H51N/c1-19-10-22(4)28(23(5)11-19)16-31(17-29-24(6)12-20(2)13-25(29)7)18-30-26(8)14-21(3)15-27(30)9/h10,12,14,22-30H,11,13,15-18H2,1-9H3. The van der Waals surface area contributed by atoms with Gasteiger partial charge in [0.25, 0.3) is 0 Å². The molecule has 0 radical (unpaired) electrons. The van der Waals surface area contributed by atoms with Crippen LogP contribution in [0.3, 0.4) is 0 Å². The molecular formula is C30H51N. The van der Waals surface area contributed by atoms with E-state index in [0.717, 1.165) is 35.5 Å². The molecule has 0 N–H and O–H groups in total. The van der Waals surface area contributed by atoms with Gasteiger partial charge in [-0.1, -0.05) is 76.5 Å². The average molecular weight is 426 g/mol. The summed E-state index contributed by atoms with van der Waals surface area (Å²) < 4.78 is 0. The van der Waals surface area contributed by atoms with Crippen molar-refractivity contribution >= 4 is 0 Å². The van der Waals surface area contributed by atoms with E-state index >= 15 is 0 Å². The highest BCUT2D eigenvalue weighted by Crippen LogP contribution is 2.39. The molecule has 9 atom stereocenters. The molecule has 0 saturated heterocycles. The Morgan fingerprint density at radius 2 is 0.806 bits per heavy atom. The Bertz CT molecular complexity index is 602. The summed E-state index contributed by atoms with van der Waals surface area (Å²) in [5.41, 5.74) is 4.81. The van der Waals surface area contributed by atoms with Crippen molar-refractivity contribution in [3.63, 3.8) is 0 Å². The summed E-state index contributed by atoms with van der Waals surface area (Å²) in [4.78, 5) is 2.94. The van der Waals surface area contributed by atoms with Gasteiger partial charge in [0.2, 0.25) is 0 Å². The Balaban J connectivity index is 1.80. The fourth-order valence-electron chi connectivity index (χ4n) is 7.61. The molecule has 0 aromatic rings. The first-order valence-electron chi connectivity index (χ1n) is 13.3. The molecule has 0 saturated carbocycles. The number of hydrogen-bond acceptors (Lipinski definition) is 1. The third kappa shape index (κ3) is 6.16. The van der Waals surface area contributed by atoms with Gasteiger partial charge in [0.15, 0.2) is 0 Å². The maximum Gasteiger partial charge on any atom is 0.00181 e. The third-order valence-corrected chi connectivity index (χ3v) is 9.20. The minimum atomic E-state index is 0.706. The highest BCUT2D eigenvalue weighted by molar-refractivity contribution is 5.11. The molecule has 0 bridgehead atoms. The van der Waals surface area contributed by atoms with Crippen LogP contribution in [0.4, 0.5) is 0 Å². The summed E-state index contributed by atoms with van der Waals surface area (Å²) in [6.07, 6.45) is 11.6. The Morgan fingerprint density at radius 3 is 1.03 bits per heavy atom. The summed E-state index contributed by atoms with van der Waals surface area (Å²) >= 11 is 0. The molecule has 0 aromatic carbocycles. The molecule has 3 aliphatic rings. The van der Waals surface area contributed by atoms with E-state index in [2.05, 4.69) is 85.4 Å². The Kier molecular flexibility index (Phi) is 8.33. The smallest absolute Gasteiger partial charge is 0.00181 e. The zero-order valence-corrected chi connectivity index (χ0v) is 22.1. The predicted octanol–water partition coefficient (Wildman–Crippen LogP) is 8.00. The maximum atomic E-state index is 2.94. The van der Waals surface area contributed by atoms with Crippen molar-refractivity contribution in [2.75, 3.05) is 19.6 Å². The summed E-state index contributed by atoms with van der Waals surface area (Å²) in [5, 5.41) is 0. The van der Waals surface area contributed by atoms with Crippen LogP contribution in [0.25, 0.3) is 0 Å².